The van der Waals surface area contributed by atoms with Gasteiger partial charge in [-0.3, -0.25) is 0 Å². The van der Waals surface area contributed by atoms with E-state index in [0.717, 1.165) is 19.0 Å². The van der Waals surface area contributed by atoms with Crippen molar-refractivity contribution >= 4 is 0 Å². The first kappa shape index (κ1) is 14.5. The number of benzene rings is 1. The minimum Gasteiger partial charge on any atom is -0.316 e. The lowest BCUT2D eigenvalue weighted by atomic mass is 9.84. The third kappa shape index (κ3) is 4.31. The molecule has 0 aromatic heterocycles. The standard InChI is InChI=1S/C17H26FN/c1-13(2)11-19-12-17(14-5-3-4-6-14)15-7-9-16(18)10-8-15/h7-10,13-14,17,19H,3-6,11-12H2,1-2H3. The summed E-state index contributed by atoms with van der Waals surface area (Å²) >= 11 is 0. The van der Waals surface area contributed by atoms with Crippen LogP contribution in [0.4, 0.5) is 4.39 Å². The van der Waals surface area contributed by atoms with Crippen LogP contribution in [0.3, 0.4) is 0 Å². The number of rotatable bonds is 6. The van der Waals surface area contributed by atoms with Crippen LogP contribution in [0.1, 0.15) is 51.0 Å². The average Bonchev–Trinajstić information content (AvgIpc) is 2.89. The molecule has 0 heterocycles. The summed E-state index contributed by atoms with van der Waals surface area (Å²) in [5.41, 5.74) is 1.30. The van der Waals surface area contributed by atoms with Gasteiger partial charge in [0, 0.05) is 6.54 Å². The molecule has 2 rings (SSSR count). The van der Waals surface area contributed by atoms with Gasteiger partial charge in [-0.15, -0.1) is 0 Å². The lowest BCUT2D eigenvalue weighted by Crippen LogP contribution is -2.28. The topological polar surface area (TPSA) is 12.0 Å². The molecule has 1 N–H and O–H groups in total. The summed E-state index contributed by atoms with van der Waals surface area (Å²) in [7, 11) is 0. The molecule has 106 valence electrons. The van der Waals surface area contributed by atoms with Crippen molar-refractivity contribution in [3.63, 3.8) is 0 Å². The fourth-order valence-electron chi connectivity index (χ4n) is 3.15. The Hall–Kier alpha value is -0.890. The van der Waals surface area contributed by atoms with Crippen LogP contribution in [-0.2, 0) is 0 Å². The van der Waals surface area contributed by atoms with Crippen molar-refractivity contribution in [2.24, 2.45) is 11.8 Å². The molecule has 0 aliphatic heterocycles. The summed E-state index contributed by atoms with van der Waals surface area (Å²) in [6, 6.07) is 7.13. The first-order chi connectivity index (χ1) is 9.16. The van der Waals surface area contributed by atoms with Gasteiger partial charge in [0.25, 0.3) is 0 Å². The molecule has 1 aromatic carbocycles. The molecular formula is C17H26FN. The molecule has 0 spiro atoms. The molecule has 1 fully saturated rings. The summed E-state index contributed by atoms with van der Waals surface area (Å²) in [5.74, 6) is 1.86. The van der Waals surface area contributed by atoms with Crippen molar-refractivity contribution < 1.29 is 4.39 Å². The lowest BCUT2D eigenvalue weighted by Gasteiger charge is -2.25. The van der Waals surface area contributed by atoms with Gasteiger partial charge >= 0.3 is 0 Å². The summed E-state index contributed by atoms with van der Waals surface area (Å²) < 4.78 is 13.1. The monoisotopic (exact) mass is 263 g/mol. The van der Waals surface area contributed by atoms with E-state index in [1.165, 1.54) is 31.2 Å². The second-order valence-corrected chi connectivity index (χ2v) is 6.25. The normalized spacial score (nSPS) is 18.1. The van der Waals surface area contributed by atoms with E-state index in [0.29, 0.717) is 11.8 Å². The Balaban J connectivity index is 2.02. The molecule has 0 radical (unpaired) electrons. The molecule has 2 heteroatoms. The molecular weight excluding hydrogens is 237 g/mol. The van der Waals surface area contributed by atoms with E-state index in [-0.39, 0.29) is 5.82 Å². The van der Waals surface area contributed by atoms with Gasteiger partial charge in [0.15, 0.2) is 0 Å². The molecule has 1 unspecified atom stereocenters. The van der Waals surface area contributed by atoms with Gasteiger partial charge in [0.2, 0.25) is 0 Å². The lowest BCUT2D eigenvalue weighted by molar-refractivity contribution is 0.400. The van der Waals surface area contributed by atoms with E-state index in [1.54, 1.807) is 12.1 Å². The highest BCUT2D eigenvalue weighted by Gasteiger charge is 2.26. The van der Waals surface area contributed by atoms with Gasteiger partial charge < -0.3 is 5.32 Å². The van der Waals surface area contributed by atoms with Crippen LogP contribution >= 0.6 is 0 Å². The van der Waals surface area contributed by atoms with E-state index in [2.05, 4.69) is 19.2 Å². The van der Waals surface area contributed by atoms with Gasteiger partial charge in [-0.1, -0.05) is 38.8 Å². The Morgan fingerprint density at radius 2 is 1.74 bits per heavy atom. The maximum absolute atomic E-state index is 13.1. The predicted molar refractivity (Wildman–Crippen MR) is 78.8 cm³/mol. The molecule has 0 amide bonds. The fraction of sp³-hybridized carbons (Fsp3) is 0.647. The van der Waals surface area contributed by atoms with Gasteiger partial charge in [-0.25, -0.2) is 4.39 Å². The Kier molecular flexibility index (Phi) is 5.38. The van der Waals surface area contributed by atoms with Crippen molar-refractivity contribution in [1.29, 1.82) is 0 Å². The highest BCUT2D eigenvalue weighted by Crippen LogP contribution is 2.37. The van der Waals surface area contributed by atoms with Crippen molar-refractivity contribution in [1.82, 2.24) is 5.32 Å². The number of nitrogens with one attached hydrogen (secondary N) is 1. The largest absolute Gasteiger partial charge is 0.316 e. The first-order valence-electron chi connectivity index (χ1n) is 7.63. The van der Waals surface area contributed by atoms with Gasteiger partial charge in [0.05, 0.1) is 0 Å². The van der Waals surface area contributed by atoms with E-state index in [1.807, 2.05) is 12.1 Å². The zero-order chi connectivity index (χ0) is 13.7. The van der Waals surface area contributed by atoms with Crippen LogP contribution in [0.25, 0.3) is 0 Å². The van der Waals surface area contributed by atoms with Crippen molar-refractivity contribution in [3.05, 3.63) is 35.6 Å². The summed E-state index contributed by atoms with van der Waals surface area (Å²) in [5, 5.41) is 3.58. The van der Waals surface area contributed by atoms with Crippen LogP contribution in [0, 0.1) is 17.7 Å². The Bertz CT molecular complexity index is 365. The van der Waals surface area contributed by atoms with Gasteiger partial charge in [0.1, 0.15) is 5.82 Å². The van der Waals surface area contributed by atoms with Crippen LogP contribution in [0.5, 0.6) is 0 Å². The Morgan fingerprint density at radius 1 is 1.11 bits per heavy atom. The van der Waals surface area contributed by atoms with Crippen LogP contribution in [-0.4, -0.2) is 13.1 Å². The summed E-state index contributed by atoms with van der Waals surface area (Å²) in [6.07, 6.45) is 5.36. The highest BCUT2D eigenvalue weighted by atomic mass is 19.1. The van der Waals surface area contributed by atoms with Gasteiger partial charge in [-0.2, -0.15) is 0 Å². The SMILES string of the molecule is CC(C)CNCC(c1ccc(F)cc1)C1CCCC1. The molecule has 0 saturated heterocycles. The van der Waals surface area contributed by atoms with E-state index >= 15 is 0 Å². The first-order valence-corrected chi connectivity index (χ1v) is 7.63. The van der Waals surface area contributed by atoms with Crippen LogP contribution in [0.2, 0.25) is 0 Å². The maximum Gasteiger partial charge on any atom is 0.123 e. The van der Waals surface area contributed by atoms with Gasteiger partial charge in [-0.05, 0) is 54.8 Å². The minimum atomic E-state index is -0.135. The third-order valence-electron chi connectivity index (χ3n) is 4.18. The number of halogens is 1. The van der Waals surface area contributed by atoms with Crippen LogP contribution in [0.15, 0.2) is 24.3 Å². The quantitative estimate of drug-likeness (QED) is 0.805. The fourth-order valence-corrected chi connectivity index (χ4v) is 3.15. The molecule has 1 aromatic rings. The summed E-state index contributed by atoms with van der Waals surface area (Å²) in [4.78, 5) is 0. The molecule has 0 bridgehead atoms. The minimum absolute atomic E-state index is 0.135. The molecule has 1 saturated carbocycles. The van der Waals surface area contributed by atoms with E-state index < -0.39 is 0 Å². The van der Waals surface area contributed by atoms with E-state index in [4.69, 9.17) is 0 Å². The Labute approximate surface area is 116 Å². The zero-order valence-electron chi connectivity index (χ0n) is 12.2. The third-order valence-corrected chi connectivity index (χ3v) is 4.18. The predicted octanol–water partition coefficient (Wildman–Crippen LogP) is 4.35. The second-order valence-electron chi connectivity index (χ2n) is 6.25. The smallest absolute Gasteiger partial charge is 0.123 e. The van der Waals surface area contributed by atoms with E-state index in [9.17, 15) is 4.39 Å². The zero-order valence-corrected chi connectivity index (χ0v) is 12.2. The van der Waals surface area contributed by atoms with Crippen molar-refractivity contribution in [3.8, 4) is 0 Å². The maximum atomic E-state index is 13.1. The highest BCUT2D eigenvalue weighted by molar-refractivity contribution is 5.22. The molecule has 1 aliphatic rings. The Morgan fingerprint density at radius 3 is 2.32 bits per heavy atom. The molecule has 1 atom stereocenters. The van der Waals surface area contributed by atoms with Crippen molar-refractivity contribution in [2.45, 2.75) is 45.4 Å². The molecule has 19 heavy (non-hydrogen) atoms. The van der Waals surface area contributed by atoms with Crippen molar-refractivity contribution in [2.75, 3.05) is 13.1 Å². The summed E-state index contributed by atoms with van der Waals surface area (Å²) in [6.45, 7) is 6.55. The molecule has 1 nitrogen and oxygen atoms in total. The van der Waals surface area contributed by atoms with Crippen LogP contribution < -0.4 is 5.32 Å². The molecule has 1 aliphatic carbocycles. The second kappa shape index (κ2) is 7.04. The average molecular weight is 263 g/mol. The number of hydrogen-bond acceptors (Lipinski definition) is 1. The number of hydrogen-bond donors (Lipinski definition) is 1.